The molecule has 0 bridgehead atoms. The van der Waals surface area contributed by atoms with E-state index in [1.165, 1.54) is 13.8 Å². The number of carbonyl (C=O) groups excluding carboxylic acids is 2. The first-order valence-corrected chi connectivity index (χ1v) is 11.6. The Balaban J connectivity index is 1.49. The van der Waals surface area contributed by atoms with Crippen molar-refractivity contribution in [1.29, 1.82) is 0 Å². The molecular weight excluding hydrogens is 440 g/mol. The van der Waals surface area contributed by atoms with Gasteiger partial charge in [0.2, 0.25) is 11.8 Å². The number of aliphatic hydroxyl groups excluding tert-OH is 2. The van der Waals surface area contributed by atoms with Crippen molar-refractivity contribution >= 4 is 33.4 Å². The summed E-state index contributed by atoms with van der Waals surface area (Å²) in [6.07, 6.45) is 0. The summed E-state index contributed by atoms with van der Waals surface area (Å²) in [6, 6.07) is 25.8. The summed E-state index contributed by atoms with van der Waals surface area (Å²) in [5.74, 6) is -1.03. The minimum atomic E-state index is -1.44. The van der Waals surface area contributed by atoms with Crippen LogP contribution in [0.2, 0.25) is 0 Å². The average molecular weight is 471 g/mol. The molecule has 4 aromatic rings. The molecule has 0 fully saturated rings. The van der Waals surface area contributed by atoms with Gasteiger partial charge < -0.3 is 20.8 Å². The highest BCUT2D eigenvalue weighted by Crippen LogP contribution is 2.25. The van der Waals surface area contributed by atoms with Crippen LogP contribution in [0.5, 0.6) is 0 Å². The summed E-state index contributed by atoms with van der Waals surface area (Å²) in [6.45, 7) is 2.44. The van der Waals surface area contributed by atoms with Gasteiger partial charge in [0, 0.05) is 0 Å². The first kappa shape index (κ1) is 24.4. The summed E-state index contributed by atoms with van der Waals surface area (Å²) in [5.41, 5.74) is 0.0643. The first-order valence-electron chi connectivity index (χ1n) is 11.6. The van der Waals surface area contributed by atoms with E-state index >= 15 is 0 Å². The Labute approximate surface area is 204 Å². The van der Waals surface area contributed by atoms with Crippen molar-refractivity contribution in [3.8, 4) is 0 Å². The third kappa shape index (κ3) is 5.19. The largest absolute Gasteiger partial charge is 0.394 e. The van der Waals surface area contributed by atoms with Crippen LogP contribution in [-0.4, -0.2) is 35.2 Å². The average Bonchev–Trinajstić information content (AvgIpc) is 2.89. The van der Waals surface area contributed by atoms with Crippen molar-refractivity contribution in [2.75, 3.05) is 13.2 Å². The maximum absolute atomic E-state index is 13.1. The van der Waals surface area contributed by atoms with Crippen LogP contribution in [0.25, 0.3) is 21.5 Å². The van der Waals surface area contributed by atoms with E-state index in [4.69, 9.17) is 0 Å². The molecule has 6 heteroatoms. The highest BCUT2D eigenvalue weighted by molar-refractivity contribution is 6.04. The fourth-order valence-corrected chi connectivity index (χ4v) is 4.10. The number of benzene rings is 4. The molecule has 0 heterocycles. The lowest BCUT2D eigenvalue weighted by atomic mass is 9.89. The van der Waals surface area contributed by atoms with E-state index in [-0.39, 0.29) is 13.2 Å². The predicted octanol–water partition coefficient (Wildman–Crippen LogP) is 4.02. The Morgan fingerprint density at radius 3 is 1.40 bits per heavy atom. The van der Waals surface area contributed by atoms with Gasteiger partial charge in [0.25, 0.3) is 0 Å². The normalized spacial score (nSPS) is 13.4. The molecule has 4 aromatic carbocycles. The number of aliphatic hydroxyl groups is 2. The monoisotopic (exact) mass is 470 g/mol. The van der Waals surface area contributed by atoms with Crippen LogP contribution < -0.4 is 10.6 Å². The molecule has 0 unspecified atom stereocenters. The third-order valence-corrected chi connectivity index (χ3v) is 6.46. The number of hydrogen-bond acceptors (Lipinski definition) is 4. The van der Waals surface area contributed by atoms with Crippen molar-refractivity contribution in [3.05, 3.63) is 96.1 Å². The van der Waals surface area contributed by atoms with E-state index < -0.39 is 29.3 Å². The number of hydrogen-bond donors (Lipinski definition) is 4. The lowest BCUT2D eigenvalue weighted by Gasteiger charge is -2.28. The molecule has 0 saturated heterocycles. The zero-order chi connectivity index (χ0) is 25.0. The minimum absolute atomic E-state index is 0.307. The molecular formula is C29H30N2O4. The van der Waals surface area contributed by atoms with Gasteiger partial charge in [-0.15, -0.1) is 0 Å². The van der Waals surface area contributed by atoms with E-state index in [0.29, 0.717) is 0 Å². The minimum Gasteiger partial charge on any atom is -0.394 e. The molecule has 0 aromatic heterocycles. The van der Waals surface area contributed by atoms with Gasteiger partial charge in [-0.1, -0.05) is 72.8 Å². The molecule has 6 nitrogen and oxygen atoms in total. The summed E-state index contributed by atoms with van der Waals surface area (Å²) in [7, 11) is 0. The maximum Gasteiger partial charge on any atom is 0.235 e. The summed E-state index contributed by atoms with van der Waals surface area (Å²) < 4.78 is 0. The molecule has 0 saturated carbocycles. The van der Waals surface area contributed by atoms with Crippen molar-refractivity contribution in [1.82, 2.24) is 10.6 Å². The number of fused-ring (bicyclic) bond motifs is 2. The van der Waals surface area contributed by atoms with E-state index in [2.05, 4.69) is 10.6 Å². The fraction of sp³-hybridized carbons (Fsp3) is 0.241. The second-order valence-corrected chi connectivity index (χ2v) is 9.26. The Kier molecular flexibility index (Phi) is 7.15. The van der Waals surface area contributed by atoms with E-state index in [0.717, 1.165) is 32.7 Å². The van der Waals surface area contributed by atoms with Crippen molar-refractivity contribution in [2.45, 2.75) is 25.9 Å². The number of carbonyl (C=O) groups is 2. The molecule has 2 atom stereocenters. The molecule has 180 valence electrons. The molecule has 35 heavy (non-hydrogen) atoms. The molecule has 0 aliphatic carbocycles. The Morgan fingerprint density at radius 1 is 0.657 bits per heavy atom. The fourth-order valence-electron chi connectivity index (χ4n) is 4.10. The predicted molar refractivity (Wildman–Crippen MR) is 138 cm³/mol. The van der Waals surface area contributed by atoms with Gasteiger partial charge in [0.15, 0.2) is 0 Å². The molecule has 2 amide bonds. The molecule has 0 aliphatic heterocycles. The topological polar surface area (TPSA) is 98.7 Å². The molecule has 0 aliphatic rings. The lowest BCUT2D eigenvalue weighted by molar-refractivity contribution is -0.142. The highest BCUT2D eigenvalue weighted by Gasteiger charge is 2.38. The van der Waals surface area contributed by atoms with Crippen LogP contribution in [-0.2, 0) is 9.59 Å². The van der Waals surface area contributed by atoms with Crippen LogP contribution in [0.15, 0.2) is 84.9 Å². The SMILES string of the molecule is CC(C)(C(=O)N[C@@H](CO)c1ccc2ccccc2c1)C(=O)N[C@@H](CO)c1ccc2ccccc2c1. The number of rotatable bonds is 8. The lowest BCUT2D eigenvalue weighted by Crippen LogP contribution is -2.50. The van der Waals surface area contributed by atoms with Crippen LogP contribution >= 0.6 is 0 Å². The van der Waals surface area contributed by atoms with Gasteiger partial charge in [0.05, 0.1) is 25.3 Å². The zero-order valence-electron chi connectivity index (χ0n) is 19.9. The standard InChI is InChI=1S/C29H30N2O4/c1-29(2,27(34)30-25(17-32)23-13-11-19-7-3-5-9-21(19)15-23)28(35)31-26(18-33)24-14-12-20-8-4-6-10-22(20)16-24/h3-16,25-26,32-33H,17-18H2,1-2H3,(H,30,34)(H,31,35)/t25-,26-/m0/s1. The molecule has 0 radical (unpaired) electrons. The van der Waals surface area contributed by atoms with Gasteiger partial charge >= 0.3 is 0 Å². The van der Waals surface area contributed by atoms with Gasteiger partial charge in [-0.25, -0.2) is 0 Å². The number of nitrogens with one attached hydrogen (secondary N) is 2. The Bertz CT molecular complexity index is 1260. The zero-order valence-corrected chi connectivity index (χ0v) is 19.9. The Morgan fingerprint density at radius 2 is 1.03 bits per heavy atom. The van der Waals surface area contributed by atoms with Gasteiger partial charge in [-0.05, 0) is 58.7 Å². The van der Waals surface area contributed by atoms with Gasteiger partial charge in [-0.3, -0.25) is 9.59 Å². The van der Waals surface area contributed by atoms with Gasteiger partial charge in [0.1, 0.15) is 5.41 Å². The summed E-state index contributed by atoms with van der Waals surface area (Å²) in [5, 5.41) is 29.7. The summed E-state index contributed by atoms with van der Waals surface area (Å²) in [4.78, 5) is 26.3. The quantitative estimate of drug-likeness (QED) is 0.292. The smallest absolute Gasteiger partial charge is 0.235 e. The second kappa shape index (κ2) is 10.3. The third-order valence-electron chi connectivity index (χ3n) is 6.46. The first-order chi connectivity index (χ1) is 16.8. The van der Waals surface area contributed by atoms with Crippen LogP contribution in [0.3, 0.4) is 0 Å². The molecule has 4 N–H and O–H groups in total. The molecule has 4 rings (SSSR count). The van der Waals surface area contributed by atoms with Crippen molar-refractivity contribution in [3.63, 3.8) is 0 Å². The second-order valence-electron chi connectivity index (χ2n) is 9.26. The number of amides is 2. The van der Waals surface area contributed by atoms with Crippen LogP contribution in [0.4, 0.5) is 0 Å². The Hall–Kier alpha value is -3.74. The van der Waals surface area contributed by atoms with E-state index in [9.17, 15) is 19.8 Å². The van der Waals surface area contributed by atoms with Crippen LogP contribution in [0.1, 0.15) is 37.1 Å². The summed E-state index contributed by atoms with van der Waals surface area (Å²) >= 11 is 0. The van der Waals surface area contributed by atoms with E-state index in [1.807, 2.05) is 84.9 Å². The van der Waals surface area contributed by atoms with Crippen molar-refractivity contribution < 1.29 is 19.8 Å². The highest BCUT2D eigenvalue weighted by atomic mass is 16.3. The van der Waals surface area contributed by atoms with Crippen molar-refractivity contribution in [2.24, 2.45) is 5.41 Å². The van der Waals surface area contributed by atoms with Crippen LogP contribution in [0, 0.1) is 5.41 Å². The molecule has 0 spiro atoms. The van der Waals surface area contributed by atoms with E-state index in [1.54, 1.807) is 0 Å². The maximum atomic E-state index is 13.1. The van der Waals surface area contributed by atoms with Gasteiger partial charge in [-0.2, -0.15) is 0 Å².